The molecule has 124 heavy (non-hydrogen) atoms. The van der Waals surface area contributed by atoms with Gasteiger partial charge in [-0.3, -0.25) is 0 Å². The smallest absolute Gasteiger partial charge is 0.143 e. The molecule has 4 nitrogen and oxygen atoms in total. The maximum atomic E-state index is 7.58. The predicted octanol–water partition coefficient (Wildman–Crippen LogP) is 30.7. The summed E-state index contributed by atoms with van der Waals surface area (Å²) in [6, 6.07) is 153. The highest BCUT2D eigenvalue weighted by Crippen LogP contribution is 2.60. The van der Waals surface area contributed by atoms with Crippen molar-refractivity contribution in [1.82, 2.24) is 0 Å². The quantitative estimate of drug-likeness (QED) is 0.0910. The Morgan fingerprint density at radius 3 is 1.44 bits per heavy atom. The fourth-order valence-electron chi connectivity index (χ4n) is 21.2. The van der Waals surface area contributed by atoms with E-state index < -0.39 is 5.41 Å². The molecule has 5 atom stereocenters. The highest BCUT2D eigenvalue weighted by atomic mass is 16.3. The highest BCUT2D eigenvalue weighted by molar-refractivity contribution is 6.13. The molecule has 0 saturated carbocycles. The zero-order chi connectivity index (χ0) is 82.2. The van der Waals surface area contributed by atoms with Gasteiger partial charge < -0.3 is 18.6 Å². The summed E-state index contributed by atoms with van der Waals surface area (Å²) in [7, 11) is 0. The van der Waals surface area contributed by atoms with Crippen LogP contribution in [0, 0.1) is 11.8 Å². The van der Waals surface area contributed by atoms with Gasteiger partial charge in [-0.25, -0.2) is 0 Å². The van der Waals surface area contributed by atoms with Gasteiger partial charge in [-0.15, -0.1) is 0 Å². The van der Waals surface area contributed by atoms with Gasteiger partial charge in [-0.1, -0.05) is 377 Å². The second-order valence-electron chi connectivity index (χ2n) is 33.9. The van der Waals surface area contributed by atoms with Crippen LogP contribution in [-0.2, 0) is 5.41 Å². The maximum Gasteiger partial charge on any atom is 0.143 e. The average Bonchev–Trinajstić information content (AvgIpc) is 1.52. The molecule has 19 aromatic rings. The predicted molar refractivity (Wildman–Crippen MR) is 516 cm³/mol. The van der Waals surface area contributed by atoms with E-state index in [2.05, 4.69) is 460 Å². The fourth-order valence-corrected chi connectivity index (χ4v) is 21.2. The lowest BCUT2D eigenvalue weighted by molar-refractivity contribution is 0.361. The number of allylic oxidation sites excluding steroid dienone is 4. The van der Waals surface area contributed by atoms with Crippen molar-refractivity contribution in [3.8, 4) is 89.0 Å². The van der Waals surface area contributed by atoms with E-state index in [4.69, 9.17) is 8.83 Å². The number of furan rings is 2. The summed E-state index contributed by atoms with van der Waals surface area (Å²) in [6.45, 7) is 2.42. The average molecular weight is 1590 g/mol. The molecule has 0 radical (unpaired) electrons. The summed E-state index contributed by atoms with van der Waals surface area (Å²) in [4.78, 5) is 4.90. The van der Waals surface area contributed by atoms with E-state index in [0.29, 0.717) is 0 Å². The lowest BCUT2D eigenvalue weighted by atomic mass is 9.62. The van der Waals surface area contributed by atoms with E-state index in [9.17, 15) is 0 Å². The van der Waals surface area contributed by atoms with Crippen LogP contribution in [0.3, 0.4) is 0 Å². The molecular formula is C120H88N2O2. The van der Waals surface area contributed by atoms with Gasteiger partial charge in [0.2, 0.25) is 0 Å². The molecule has 2 heterocycles. The fraction of sp³-hybridized carbons (Fsp3) is 0.0833. The molecule has 0 spiro atoms. The number of benzene rings is 17. The van der Waals surface area contributed by atoms with Crippen molar-refractivity contribution in [2.24, 2.45) is 11.8 Å². The normalized spacial score (nSPS) is 16.8. The Morgan fingerprint density at radius 2 is 0.782 bits per heavy atom. The van der Waals surface area contributed by atoms with Crippen molar-refractivity contribution in [2.75, 3.05) is 9.80 Å². The van der Waals surface area contributed by atoms with Crippen LogP contribution in [0.25, 0.3) is 134 Å². The lowest BCUT2D eigenvalue weighted by Gasteiger charge is -2.40. The summed E-state index contributed by atoms with van der Waals surface area (Å²) >= 11 is 0. The lowest BCUT2D eigenvalue weighted by Crippen LogP contribution is -2.35. The number of anilines is 5. The van der Waals surface area contributed by atoms with Crippen LogP contribution in [0.1, 0.15) is 83.6 Å². The third-order valence-corrected chi connectivity index (χ3v) is 27.0. The van der Waals surface area contributed by atoms with Crippen molar-refractivity contribution in [1.29, 1.82) is 0 Å². The zero-order valence-corrected chi connectivity index (χ0v) is 69.0. The molecule has 0 fully saturated rings. The third-order valence-electron chi connectivity index (χ3n) is 27.0. The largest absolute Gasteiger partial charge is 0.459 e. The van der Waals surface area contributed by atoms with E-state index in [1.807, 2.05) is 0 Å². The van der Waals surface area contributed by atoms with Crippen LogP contribution in [0.2, 0.25) is 0 Å². The Hall–Kier alpha value is -15.1. The molecule has 2 aromatic heterocycles. The van der Waals surface area contributed by atoms with E-state index in [1.54, 1.807) is 0 Å². The van der Waals surface area contributed by atoms with Crippen LogP contribution in [0.5, 0.6) is 0 Å². The van der Waals surface area contributed by atoms with E-state index >= 15 is 0 Å². The standard InChI is InChI=1S/C120H88N2O2/c1-79-74-110(115-109-53-27-50-104(118(109)124-119(115)114(79)87-31-9-3-10-32-87)91-37-22-36-90(76-91)89-35-21-34-88(75-89)84-62-68-99(69-63-84)122(96-44-15-6-16-45-96)113-55-24-33-85-30-17-18-46-101(85)113)93-39-23-38-92(77-93)103-49-26-52-108-107-51-25-48-102(116(107)123-117(103)108)86-64-70-98(71-65-86)121(97-66-60-83(61-67-97)82-58-56-81(57-59-82)80-28-7-2-8-29-80)100-72-73-106-105-47-19-20-54-111(105)120(112(106)78-100,94-40-11-4-12-41-94)95-42-13-5-14-43-95/h2-23,25-42,44-54,56-73,75-79,95,110,114H,24,43,55,74H2,1H3. The first-order valence-corrected chi connectivity index (χ1v) is 43.8. The third kappa shape index (κ3) is 12.8. The first-order valence-electron chi connectivity index (χ1n) is 43.8. The highest BCUT2D eigenvalue weighted by Gasteiger charge is 2.50. The van der Waals surface area contributed by atoms with E-state index in [-0.39, 0.29) is 23.7 Å². The molecule has 0 saturated heterocycles. The van der Waals surface area contributed by atoms with Crippen molar-refractivity contribution in [3.05, 3.63) is 486 Å². The first kappa shape index (κ1) is 74.0. The van der Waals surface area contributed by atoms with Crippen LogP contribution in [0.4, 0.5) is 28.4 Å². The number of rotatable bonds is 17. The number of hydrogen-bond donors (Lipinski definition) is 0. The Kier molecular flexibility index (Phi) is 18.6. The van der Waals surface area contributed by atoms with Crippen molar-refractivity contribution >= 4 is 73.1 Å². The van der Waals surface area contributed by atoms with Crippen molar-refractivity contribution in [3.63, 3.8) is 0 Å². The van der Waals surface area contributed by atoms with Gasteiger partial charge in [0, 0.05) is 89.6 Å². The summed E-state index contributed by atoms with van der Waals surface area (Å²) < 4.78 is 15.0. The van der Waals surface area contributed by atoms with Crippen LogP contribution in [0.15, 0.2) is 446 Å². The van der Waals surface area contributed by atoms with Crippen LogP contribution in [-0.4, -0.2) is 0 Å². The Bertz CT molecular complexity index is 7490. The summed E-state index contributed by atoms with van der Waals surface area (Å²) in [5.41, 5.74) is 35.3. The Morgan fingerprint density at radius 1 is 0.323 bits per heavy atom. The molecule has 0 aliphatic heterocycles. The molecule has 4 aliphatic rings. The minimum absolute atomic E-state index is 0.0508. The number of para-hydroxylation sites is 4. The summed E-state index contributed by atoms with van der Waals surface area (Å²) in [5.74, 6) is 1.63. The Balaban J connectivity index is 0.578. The van der Waals surface area contributed by atoms with E-state index in [1.165, 1.54) is 88.5 Å². The zero-order valence-electron chi connectivity index (χ0n) is 69.0. The molecule has 17 aromatic carbocycles. The molecule has 0 amide bonds. The minimum Gasteiger partial charge on any atom is -0.459 e. The van der Waals surface area contributed by atoms with Crippen molar-refractivity contribution in [2.45, 2.75) is 49.9 Å². The molecule has 0 bridgehead atoms. The van der Waals surface area contributed by atoms with E-state index in [0.717, 1.165) is 143 Å². The second kappa shape index (κ2) is 31.2. The summed E-state index contributed by atoms with van der Waals surface area (Å²) in [5, 5.41) is 5.92. The van der Waals surface area contributed by atoms with Gasteiger partial charge in [0.1, 0.15) is 22.5 Å². The van der Waals surface area contributed by atoms with Gasteiger partial charge in [0.15, 0.2) is 0 Å². The van der Waals surface area contributed by atoms with Crippen molar-refractivity contribution < 1.29 is 8.83 Å². The number of nitrogens with zero attached hydrogens (tertiary/aromatic N) is 2. The maximum absolute atomic E-state index is 7.58. The molecular weight excluding hydrogens is 1500 g/mol. The van der Waals surface area contributed by atoms with Gasteiger partial charge >= 0.3 is 0 Å². The molecule has 23 rings (SSSR count). The molecule has 0 N–H and O–H groups in total. The van der Waals surface area contributed by atoms with Gasteiger partial charge in [0.05, 0.1) is 5.41 Å². The van der Waals surface area contributed by atoms with Gasteiger partial charge in [0.25, 0.3) is 0 Å². The molecule has 4 heteroatoms. The minimum atomic E-state index is -0.435. The molecule has 4 aliphatic carbocycles. The Labute approximate surface area is 723 Å². The monoisotopic (exact) mass is 1590 g/mol. The molecule has 5 unspecified atom stereocenters. The molecule has 590 valence electrons. The van der Waals surface area contributed by atoms with Crippen LogP contribution < -0.4 is 20.2 Å². The number of fused-ring (bicyclic) bond motifs is 10. The van der Waals surface area contributed by atoms with Gasteiger partial charge in [-0.2, -0.15) is 0 Å². The SMILES string of the molecule is CC1CC(c2cccc(-c3cccc4c3oc3c(-c5ccc(N(c6ccc(-c7ccc(-c8ccccc8)cc7)cc6)c6ccc7c(c6)C(c6ccccc6)(C6C=CC=CC6)c6ccccc6-7)cc5)cccc34)c2)c2c(oc3c(-c4cccc(-c5cccc(-c6ccc(N(C7=c8ccccc8=CCC7)c7ccccc7)cc6)c5)c4)cccc23)C1c1ccccc1. The second-order valence-corrected chi connectivity index (χ2v) is 33.9. The summed E-state index contributed by atoms with van der Waals surface area (Å²) in [6.07, 6.45) is 15.5. The van der Waals surface area contributed by atoms with Gasteiger partial charge in [-0.05, 0) is 216 Å². The van der Waals surface area contributed by atoms with Crippen LogP contribution >= 0.6 is 0 Å². The topological polar surface area (TPSA) is 32.8 Å². The first-order chi connectivity index (χ1) is 61.4. The number of hydrogen-bond acceptors (Lipinski definition) is 4.